The second kappa shape index (κ2) is 19.2. The number of rotatable bonds is 12. The van der Waals surface area contributed by atoms with Gasteiger partial charge in [-0.05, 0) is 107 Å². The normalized spacial score (nSPS) is 25.7. The Morgan fingerprint density at radius 2 is 0.458 bits per heavy atom. The Balaban J connectivity index is 0.000000178. The third-order valence-corrected chi connectivity index (χ3v) is 22.7. The van der Waals surface area contributed by atoms with Crippen LogP contribution in [0.4, 0.5) is 22.7 Å². The molecule has 72 heavy (non-hydrogen) atoms. The molecule has 0 bridgehead atoms. The first-order chi connectivity index (χ1) is 32.8. The quantitative estimate of drug-likeness (QED) is 0.0778. The molecule has 4 saturated heterocycles. The zero-order valence-corrected chi connectivity index (χ0v) is 44.6. The van der Waals surface area contributed by atoms with Gasteiger partial charge in [-0.3, -0.25) is 40.5 Å². The van der Waals surface area contributed by atoms with Gasteiger partial charge >= 0.3 is 0 Å². The molecule has 0 radical (unpaired) electrons. The smallest absolute Gasteiger partial charge is 0.258 e. The van der Waals surface area contributed by atoms with Crippen molar-refractivity contribution < 1.29 is 53.4 Å². The lowest BCUT2D eigenvalue weighted by Crippen LogP contribution is -2.19. The molecule has 4 heterocycles. The predicted octanol–water partition coefficient (Wildman–Crippen LogP) is 7.06. The van der Waals surface area contributed by atoms with Crippen LogP contribution in [0.15, 0.2) is 117 Å². The Labute approximate surface area is 418 Å². The number of nitrogens with zero attached hydrogens (tertiary/aromatic N) is 8. The predicted molar refractivity (Wildman–Crippen MR) is 263 cm³/mol. The summed E-state index contributed by atoms with van der Waals surface area (Å²) in [6.07, 6.45) is 0. The Morgan fingerprint density at radius 3 is 0.569 bits per heavy atom. The first-order valence-electron chi connectivity index (χ1n) is 21.9. The second-order valence-electron chi connectivity index (χ2n) is 19.4. The van der Waals surface area contributed by atoms with Crippen LogP contribution in [0.2, 0.25) is 0 Å². The number of sulfonamides is 4. The lowest BCUT2D eigenvalue weighted by Gasteiger charge is -2.08. The fourth-order valence-electron chi connectivity index (χ4n) is 8.37. The van der Waals surface area contributed by atoms with Crippen molar-refractivity contribution in [2.24, 2.45) is 0 Å². The maximum Gasteiger partial charge on any atom is 0.289 e. The molecular weight excluding hydrogens is 1020 g/mol. The van der Waals surface area contributed by atoms with E-state index in [4.69, 9.17) is 0 Å². The van der Waals surface area contributed by atoms with Gasteiger partial charge in [0.2, 0.25) is 0 Å². The Morgan fingerprint density at radius 1 is 0.333 bits per heavy atom. The van der Waals surface area contributed by atoms with Crippen LogP contribution in [0.5, 0.6) is 0 Å². The van der Waals surface area contributed by atoms with Crippen LogP contribution in [-0.2, 0) is 40.1 Å². The Hall–Kier alpha value is -5.88. The van der Waals surface area contributed by atoms with E-state index in [1.165, 1.54) is 114 Å². The van der Waals surface area contributed by atoms with Gasteiger partial charge in [0.15, 0.2) is 19.6 Å². The number of para-hydroxylation sites is 4. The average molecular weight is 1080 g/mol. The van der Waals surface area contributed by atoms with Crippen LogP contribution in [0.1, 0.15) is 83.1 Å². The van der Waals surface area contributed by atoms with Crippen LogP contribution >= 0.6 is 0 Å². The van der Waals surface area contributed by atoms with Crippen molar-refractivity contribution in [3.8, 4) is 0 Å². The van der Waals surface area contributed by atoms with Crippen molar-refractivity contribution in [3.63, 3.8) is 0 Å². The lowest BCUT2D eigenvalue weighted by molar-refractivity contribution is -0.388. The summed E-state index contributed by atoms with van der Waals surface area (Å²) in [5.41, 5.74) is -3.46. The molecule has 8 atom stereocenters. The number of nitro benzene ring substituents is 4. The molecule has 4 fully saturated rings. The molecule has 24 nitrogen and oxygen atoms in total. The molecular formula is C44H56N8O16S4. The molecule has 4 unspecified atom stereocenters. The molecule has 4 aliphatic heterocycles. The van der Waals surface area contributed by atoms with Crippen molar-refractivity contribution in [1.29, 1.82) is 0 Å². The van der Waals surface area contributed by atoms with Gasteiger partial charge in [-0.2, -0.15) is 17.2 Å². The maximum atomic E-state index is 12.4. The largest absolute Gasteiger partial charge is 0.289 e. The van der Waals surface area contributed by atoms with E-state index in [1.54, 1.807) is 83.1 Å². The van der Waals surface area contributed by atoms with Crippen LogP contribution in [0.3, 0.4) is 0 Å². The van der Waals surface area contributed by atoms with Gasteiger partial charge in [0.25, 0.3) is 62.8 Å². The van der Waals surface area contributed by atoms with E-state index in [9.17, 15) is 74.1 Å². The van der Waals surface area contributed by atoms with Crippen molar-refractivity contribution in [3.05, 3.63) is 138 Å². The highest BCUT2D eigenvalue weighted by Gasteiger charge is 2.63. The van der Waals surface area contributed by atoms with Crippen molar-refractivity contribution >= 4 is 62.8 Å². The van der Waals surface area contributed by atoms with Crippen molar-refractivity contribution in [1.82, 2.24) is 17.2 Å². The van der Waals surface area contributed by atoms with Crippen molar-refractivity contribution in [2.45, 2.75) is 149 Å². The molecule has 392 valence electrons. The second-order valence-corrected chi connectivity index (χ2v) is 26.6. The van der Waals surface area contributed by atoms with E-state index in [0.717, 1.165) is 0 Å². The van der Waals surface area contributed by atoms with E-state index in [-0.39, 0.29) is 66.5 Å². The van der Waals surface area contributed by atoms with Crippen molar-refractivity contribution in [2.75, 3.05) is 0 Å². The third kappa shape index (κ3) is 10.2. The first-order valence-corrected chi connectivity index (χ1v) is 27.7. The maximum absolute atomic E-state index is 12.4. The summed E-state index contributed by atoms with van der Waals surface area (Å²) in [6, 6.07) is 21.1. The minimum Gasteiger partial charge on any atom is -0.258 e. The van der Waals surface area contributed by atoms with E-state index in [1.807, 2.05) is 0 Å². The fourth-order valence-corrected chi connectivity index (χ4v) is 17.4. The van der Waals surface area contributed by atoms with E-state index in [2.05, 4.69) is 0 Å². The van der Waals surface area contributed by atoms with Gasteiger partial charge in [-0.15, -0.1) is 0 Å². The highest BCUT2D eigenvalue weighted by molar-refractivity contribution is 7.90. The lowest BCUT2D eigenvalue weighted by atomic mass is 10.2. The third-order valence-electron chi connectivity index (χ3n) is 13.9. The standard InChI is InChI=1S/4C11H14N2O4S/c4*1-8-11(2,3)12(8)18(16,17)10-7-5-4-6-9(10)13(14)15/h4*4-8H,1-3H3/t4*8-,12?/m1111/s1. The van der Waals surface area contributed by atoms with Gasteiger partial charge in [-0.25, -0.2) is 33.7 Å². The van der Waals surface area contributed by atoms with E-state index < -0.39 is 81.9 Å². The zero-order valence-electron chi connectivity index (χ0n) is 41.3. The molecule has 0 aliphatic carbocycles. The summed E-state index contributed by atoms with van der Waals surface area (Å²) in [5, 5.41) is 43.5. The molecule has 0 N–H and O–H groups in total. The monoisotopic (exact) mass is 1080 g/mol. The van der Waals surface area contributed by atoms with Crippen LogP contribution in [0.25, 0.3) is 0 Å². The molecule has 0 aromatic heterocycles. The number of hydrogen-bond donors (Lipinski definition) is 0. The van der Waals surface area contributed by atoms with Gasteiger partial charge in [-0.1, -0.05) is 48.5 Å². The van der Waals surface area contributed by atoms with Gasteiger partial charge < -0.3 is 0 Å². The molecule has 28 heteroatoms. The van der Waals surface area contributed by atoms with Crippen LogP contribution in [0, 0.1) is 40.5 Å². The molecule has 4 aromatic carbocycles. The highest BCUT2D eigenvalue weighted by atomic mass is 32.2. The number of hydrogen-bond acceptors (Lipinski definition) is 16. The van der Waals surface area contributed by atoms with Gasteiger partial charge in [0, 0.05) is 70.6 Å². The fraction of sp³-hybridized carbons (Fsp3) is 0.455. The summed E-state index contributed by atoms with van der Waals surface area (Å²) in [6.45, 7) is 21.5. The number of nitro groups is 4. The molecule has 0 saturated carbocycles. The zero-order chi connectivity index (χ0) is 54.9. The first kappa shape index (κ1) is 57.0. The molecule has 4 aliphatic rings. The summed E-state index contributed by atoms with van der Waals surface area (Å²) >= 11 is 0. The minimum atomic E-state index is -3.81. The summed E-state index contributed by atoms with van der Waals surface area (Å²) in [4.78, 5) is 39.8. The number of benzene rings is 4. The van der Waals surface area contributed by atoms with E-state index >= 15 is 0 Å². The highest BCUT2D eigenvalue weighted by Crippen LogP contribution is 2.49. The SMILES string of the molecule is C[C@H]1N(S(=O)(=O)c2ccccc2[N+](=O)[O-])C1(C)C.C[C@H]1N(S(=O)(=O)c2ccccc2[N+](=O)[O-])C1(C)C.C[C@H]1N(S(=O)(=O)c2ccccc2[N+](=O)[O-])C1(C)C.C[C@H]1N(S(=O)(=O)c2ccccc2[N+](=O)[O-])C1(C)C. The molecule has 4 aromatic rings. The van der Waals surface area contributed by atoms with Gasteiger partial charge in [0.1, 0.15) is 0 Å². The topological polar surface area (TPSA) is 321 Å². The average Bonchev–Trinajstić information content (AvgIpc) is 4.23. The summed E-state index contributed by atoms with van der Waals surface area (Å²) < 4.78 is 104. The summed E-state index contributed by atoms with van der Waals surface area (Å²) in [7, 11) is -15.2. The molecule has 8 rings (SSSR count). The molecule has 0 amide bonds. The molecule has 0 spiro atoms. The van der Waals surface area contributed by atoms with Crippen LogP contribution < -0.4 is 0 Å². The Bertz CT molecular complexity index is 2870. The Kier molecular flexibility index (Phi) is 15.2. The van der Waals surface area contributed by atoms with E-state index in [0.29, 0.717) is 0 Å². The minimum absolute atomic E-state index is 0.151. The van der Waals surface area contributed by atoms with Gasteiger partial charge in [0.05, 0.1) is 19.7 Å². The van der Waals surface area contributed by atoms with Crippen LogP contribution in [-0.4, -0.2) is 117 Å². The summed E-state index contributed by atoms with van der Waals surface area (Å²) in [5.74, 6) is 0.